The first-order valence-corrected chi connectivity index (χ1v) is 9.73. The second kappa shape index (κ2) is 7.51. The fourth-order valence-electron chi connectivity index (χ4n) is 3.04. The number of thiophene rings is 1. The van der Waals surface area contributed by atoms with E-state index in [0.29, 0.717) is 15.0 Å². The van der Waals surface area contributed by atoms with Crippen LogP contribution in [0.3, 0.4) is 0 Å². The number of carbonyl (C=O) groups excluding carboxylic acids is 1. The fraction of sp³-hybridized carbons (Fsp3) is 0.263. The van der Waals surface area contributed by atoms with E-state index >= 15 is 0 Å². The lowest BCUT2D eigenvalue weighted by atomic mass is 10.1. The van der Waals surface area contributed by atoms with Gasteiger partial charge < -0.3 is 14.7 Å². The molecule has 0 spiro atoms. The average Bonchev–Trinajstić information content (AvgIpc) is 3.41. The summed E-state index contributed by atoms with van der Waals surface area (Å²) in [4.78, 5) is 15.0. The van der Waals surface area contributed by atoms with Gasteiger partial charge in [0.2, 0.25) is 0 Å². The predicted molar refractivity (Wildman–Crippen MR) is 104 cm³/mol. The molecule has 26 heavy (non-hydrogen) atoms. The third-order valence-electron chi connectivity index (χ3n) is 4.41. The molecule has 0 radical (unpaired) electrons. The molecule has 4 rings (SSSR count). The van der Waals surface area contributed by atoms with Crippen molar-refractivity contribution in [1.82, 2.24) is 10.5 Å². The molecule has 0 unspecified atom stereocenters. The van der Waals surface area contributed by atoms with Crippen molar-refractivity contribution in [1.29, 1.82) is 0 Å². The molecule has 1 saturated heterocycles. The second-order valence-corrected chi connectivity index (χ2v) is 7.92. The third-order valence-corrected chi connectivity index (χ3v) is 5.64. The van der Waals surface area contributed by atoms with E-state index in [1.54, 1.807) is 12.1 Å². The Bertz CT molecular complexity index is 898. The van der Waals surface area contributed by atoms with Gasteiger partial charge in [0.25, 0.3) is 5.91 Å². The normalized spacial score (nSPS) is 14.0. The minimum Gasteiger partial charge on any atom is -0.372 e. The van der Waals surface area contributed by atoms with E-state index in [4.69, 9.17) is 16.1 Å². The molecule has 0 bridgehead atoms. The summed E-state index contributed by atoms with van der Waals surface area (Å²) >= 11 is 7.10. The van der Waals surface area contributed by atoms with Crippen LogP contribution < -0.4 is 10.2 Å². The van der Waals surface area contributed by atoms with Crippen molar-refractivity contribution in [3.63, 3.8) is 0 Å². The molecule has 1 amide bonds. The predicted octanol–water partition coefficient (Wildman–Crippen LogP) is 4.59. The number of rotatable bonds is 5. The van der Waals surface area contributed by atoms with Crippen LogP contribution in [0.2, 0.25) is 4.34 Å². The molecule has 1 aliphatic rings. The lowest BCUT2D eigenvalue weighted by Crippen LogP contribution is -2.21. The molecule has 134 valence electrons. The molecule has 0 saturated carbocycles. The molecule has 0 atom stereocenters. The van der Waals surface area contributed by atoms with Gasteiger partial charge in [-0.05, 0) is 37.1 Å². The number of nitrogens with zero attached hydrogens (tertiary/aromatic N) is 2. The summed E-state index contributed by atoms with van der Waals surface area (Å²) in [5.74, 6) is 0.439. The van der Waals surface area contributed by atoms with Crippen LogP contribution in [-0.2, 0) is 6.54 Å². The summed E-state index contributed by atoms with van der Waals surface area (Å²) in [5, 5.41) is 6.92. The van der Waals surface area contributed by atoms with E-state index in [1.807, 2.05) is 6.07 Å². The summed E-state index contributed by atoms with van der Waals surface area (Å²) in [6.07, 6.45) is 2.52. The Morgan fingerprint density at radius 1 is 1.19 bits per heavy atom. The van der Waals surface area contributed by atoms with Gasteiger partial charge in [-0.1, -0.05) is 28.9 Å². The Morgan fingerprint density at radius 3 is 2.65 bits per heavy atom. The van der Waals surface area contributed by atoms with Gasteiger partial charge in [0.15, 0.2) is 5.76 Å². The molecular formula is C19H18ClN3O2S. The van der Waals surface area contributed by atoms with Gasteiger partial charge in [-0.3, -0.25) is 4.79 Å². The molecule has 2 aromatic heterocycles. The monoisotopic (exact) mass is 387 g/mol. The number of amides is 1. The van der Waals surface area contributed by atoms with Crippen molar-refractivity contribution < 1.29 is 9.32 Å². The van der Waals surface area contributed by atoms with Crippen LogP contribution in [-0.4, -0.2) is 24.2 Å². The molecule has 0 aliphatic carbocycles. The first kappa shape index (κ1) is 17.1. The molecular weight excluding hydrogens is 370 g/mol. The zero-order valence-corrected chi connectivity index (χ0v) is 15.6. The van der Waals surface area contributed by atoms with Crippen molar-refractivity contribution in [2.45, 2.75) is 19.4 Å². The van der Waals surface area contributed by atoms with Crippen LogP contribution >= 0.6 is 22.9 Å². The molecule has 1 N–H and O–H groups in total. The van der Waals surface area contributed by atoms with Crippen molar-refractivity contribution in [3.05, 3.63) is 57.4 Å². The van der Waals surface area contributed by atoms with Gasteiger partial charge in [-0.15, -0.1) is 11.3 Å². The van der Waals surface area contributed by atoms with Gasteiger partial charge in [-0.2, -0.15) is 0 Å². The Balaban J connectivity index is 1.38. The largest absolute Gasteiger partial charge is 0.372 e. The maximum absolute atomic E-state index is 12.0. The number of aromatic nitrogens is 1. The number of hydrogen-bond donors (Lipinski definition) is 1. The van der Waals surface area contributed by atoms with E-state index in [9.17, 15) is 4.79 Å². The SMILES string of the molecule is O=C(NCc1cc(-c2ccc(N3CCCC3)cc2)no1)c1ccc(Cl)s1. The third kappa shape index (κ3) is 3.76. The lowest BCUT2D eigenvalue weighted by molar-refractivity contribution is 0.0951. The Morgan fingerprint density at radius 2 is 1.96 bits per heavy atom. The van der Waals surface area contributed by atoms with E-state index in [2.05, 4.69) is 39.6 Å². The highest BCUT2D eigenvalue weighted by molar-refractivity contribution is 7.17. The Hall–Kier alpha value is -2.31. The summed E-state index contributed by atoms with van der Waals surface area (Å²) in [6.45, 7) is 2.54. The van der Waals surface area contributed by atoms with Crippen LogP contribution in [0, 0.1) is 0 Å². The summed E-state index contributed by atoms with van der Waals surface area (Å²) in [6, 6.07) is 13.6. The number of benzene rings is 1. The zero-order valence-electron chi connectivity index (χ0n) is 14.1. The minimum absolute atomic E-state index is 0.171. The first-order chi connectivity index (χ1) is 12.7. The number of hydrogen-bond acceptors (Lipinski definition) is 5. The van der Waals surface area contributed by atoms with Crippen molar-refractivity contribution >= 4 is 34.5 Å². The number of nitrogens with one attached hydrogen (secondary N) is 1. The fourth-order valence-corrected chi connectivity index (χ4v) is 4.00. The second-order valence-electron chi connectivity index (χ2n) is 6.21. The highest BCUT2D eigenvalue weighted by Gasteiger charge is 2.14. The highest BCUT2D eigenvalue weighted by Crippen LogP contribution is 2.25. The quantitative estimate of drug-likeness (QED) is 0.695. The number of carbonyl (C=O) groups is 1. The van der Waals surface area contributed by atoms with E-state index in [0.717, 1.165) is 24.3 Å². The highest BCUT2D eigenvalue weighted by atomic mass is 35.5. The van der Waals surface area contributed by atoms with Crippen LogP contribution in [0.15, 0.2) is 47.0 Å². The van der Waals surface area contributed by atoms with Gasteiger partial charge in [0.05, 0.1) is 15.8 Å². The van der Waals surface area contributed by atoms with Crippen molar-refractivity contribution in [2.75, 3.05) is 18.0 Å². The summed E-state index contributed by atoms with van der Waals surface area (Å²) < 4.78 is 5.93. The van der Waals surface area contributed by atoms with E-state index in [1.165, 1.54) is 29.9 Å². The first-order valence-electron chi connectivity index (χ1n) is 8.53. The number of anilines is 1. The molecule has 1 fully saturated rings. The average molecular weight is 388 g/mol. The summed E-state index contributed by atoms with van der Waals surface area (Å²) in [7, 11) is 0. The molecule has 7 heteroatoms. The lowest BCUT2D eigenvalue weighted by Gasteiger charge is -2.17. The summed E-state index contributed by atoms with van der Waals surface area (Å²) in [5.41, 5.74) is 3.01. The molecule has 1 aliphatic heterocycles. The van der Waals surface area contributed by atoms with Crippen LogP contribution in [0.25, 0.3) is 11.3 Å². The maximum atomic E-state index is 12.0. The van der Waals surface area contributed by atoms with Crippen LogP contribution in [0.5, 0.6) is 0 Å². The maximum Gasteiger partial charge on any atom is 0.261 e. The van der Waals surface area contributed by atoms with Crippen molar-refractivity contribution in [3.8, 4) is 11.3 Å². The standard InChI is InChI=1S/C19H18ClN3O2S/c20-18-8-7-17(26-18)19(24)21-12-15-11-16(22-25-15)13-3-5-14(6-4-13)23-9-1-2-10-23/h3-8,11H,1-2,9-10,12H2,(H,21,24). The molecule has 3 aromatic rings. The van der Waals surface area contributed by atoms with Crippen LogP contribution in [0.1, 0.15) is 28.3 Å². The smallest absolute Gasteiger partial charge is 0.261 e. The topological polar surface area (TPSA) is 58.4 Å². The van der Waals surface area contributed by atoms with E-state index in [-0.39, 0.29) is 12.5 Å². The van der Waals surface area contributed by atoms with Gasteiger partial charge >= 0.3 is 0 Å². The molecule has 1 aromatic carbocycles. The Labute approximate surface area is 160 Å². The van der Waals surface area contributed by atoms with Gasteiger partial charge in [-0.25, -0.2) is 0 Å². The number of halogens is 1. The van der Waals surface area contributed by atoms with Gasteiger partial charge in [0, 0.05) is 30.4 Å². The van der Waals surface area contributed by atoms with Crippen molar-refractivity contribution in [2.24, 2.45) is 0 Å². The van der Waals surface area contributed by atoms with Gasteiger partial charge in [0.1, 0.15) is 5.69 Å². The zero-order chi connectivity index (χ0) is 17.9. The van der Waals surface area contributed by atoms with E-state index < -0.39 is 0 Å². The minimum atomic E-state index is -0.171. The Kier molecular flexibility index (Phi) is 4.95. The molecule has 5 nitrogen and oxygen atoms in total. The molecule has 3 heterocycles. The van der Waals surface area contributed by atoms with Crippen LogP contribution in [0.4, 0.5) is 5.69 Å².